The number of likely N-dealkylation sites (N-methyl/N-ethyl adjacent to an activating group) is 1. The fourth-order valence-corrected chi connectivity index (χ4v) is 9.69. The first-order chi connectivity index (χ1) is 24.0. The molecule has 272 valence electrons. The molecule has 3 heterocycles. The van der Waals surface area contributed by atoms with Crippen LogP contribution in [0.4, 0.5) is 5.69 Å². The largest absolute Gasteiger partial charge is 0.490 e. The summed E-state index contributed by atoms with van der Waals surface area (Å²) in [6.45, 7) is 10.4. The third-order valence-corrected chi connectivity index (χ3v) is 13.5. The number of morpholine rings is 1. The van der Waals surface area contributed by atoms with Gasteiger partial charge in [0.25, 0.3) is 11.8 Å². The Kier molecular flexibility index (Phi) is 11.0. The Morgan fingerprint density at radius 2 is 1.90 bits per heavy atom. The first kappa shape index (κ1) is 36.9. The Hall–Kier alpha value is -2.92. The maximum atomic E-state index is 13.5. The van der Waals surface area contributed by atoms with Crippen LogP contribution in [0.15, 0.2) is 48.6 Å². The predicted molar refractivity (Wildman–Crippen MR) is 198 cm³/mol. The van der Waals surface area contributed by atoms with E-state index in [2.05, 4.69) is 21.8 Å². The Morgan fingerprint density at radius 1 is 1.10 bits per heavy atom. The van der Waals surface area contributed by atoms with Gasteiger partial charge in [-0.05, 0) is 105 Å². The number of carbonyl (C=O) groups is 2. The molecule has 9 nitrogen and oxygen atoms in total. The zero-order valence-corrected chi connectivity index (χ0v) is 31.5. The van der Waals surface area contributed by atoms with Gasteiger partial charge in [0.1, 0.15) is 22.3 Å². The molecule has 0 aromatic heterocycles. The monoisotopic (exact) mass is 725 g/mol. The second kappa shape index (κ2) is 15.0. The lowest BCUT2D eigenvalue weighted by atomic mass is 9.62. The Balaban J connectivity index is 0.00000212. The Morgan fingerprint density at radius 3 is 2.66 bits per heavy atom. The zero-order valence-electron chi connectivity index (χ0n) is 30.0. The molecule has 3 aliphatic heterocycles. The molecule has 2 N–H and O–H groups in total. The van der Waals surface area contributed by atoms with Crippen LogP contribution in [0, 0.1) is 17.8 Å². The second-order valence-electron chi connectivity index (χ2n) is 14.7. The number of rotatable bonds is 1. The molecule has 50 heavy (non-hydrogen) atoms. The first-order valence-electron chi connectivity index (χ1n) is 18.3. The number of aryl methyl sites for hydroxylation is 1. The van der Waals surface area contributed by atoms with Crippen molar-refractivity contribution in [3.05, 3.63) is 70.3 Å². The van der Waals surface area contributed by atoms with Gasteiger partial charge in [-0.3, -0.25) is 14.3 Å². The summed E-state index contributed by atoms with van der Waals surface area (Å²) < 4.78 is 28.8. The van der Waals surface area contributed by atoms with Crippen LogP contribution in [0.2, 0.25) is 5.02 Å². The predicted octanol–water partition coefficient (Wildman–Crippen LogP) is 5.83. The van der Waals surface area contributed by atoms with E-state index in [9.17, 15) is 18.9 Å². The number of allylic oxidation sites excluding steroid dienone is 1. The molecular weight excluding hydrogens is 674 g/mol. The van der Waals surface area contributed by atoms with Gasteiger partial charge in [-0.2, -0.15) is 0 Å². The molecule has 2 bridgehead atoms. The van der Waals surface area contributed by atoms with Crippen molar-refractivity contribution in [1.29, 1.82) is 0 Å². The molecule has 0 radical (unpaired) electrons. The lowest BCUT2D eigenvalue weighted by Crippen LogP contribution is -2.63. The standard InChI is InChI=1S/C37H46ClN3O6S.C2H6/c1-23-6-4-15-37(44,33-35(43)40(3)16-17-46-33)30-11-8-27(30)20-41-21-36(14-5-7-25-18-28(38)10-12-29(25)36)22-47-32-13-9-26(19-31(32)41)34(42)39-48(45)24(23)2;1-2/h4,9-10,12-13,15,18-19,23-24,27,30,33,44H,5-8,11,14,16-17,20-22H2,1-3H3,(H,39,42);1-2H3/b15-4+;/t23?,24?,27?,30?,33-,36+,37?,48?;/m1./s1. The molecule has 1 saturated heterocycles. The second-order valence-corrected chi connectivity index (χ2v) is 16.7. The number of anilines is 1. The number of fused-ring (bicyclic) bond motifs is 4. The summed E-state index contributed by atoms with van der Waals surface area (Å²) in [6.07, 6.45) is 7.74. The summed E-state index contributed by atoms with van der Waals surface area (Å²) >= 11 is 6.45. The highest BCUT2D eigenvalue weighted by Gasteiger charge is 2.55. The summed E-state index contributed by atoms with van der Waals surface area (Å²) in [5.41, 5.74) is 1.87. The van der Waals surface area contributed by atoms with Gasteiger partial charge in [0.15, 0.2) is 6.10 Å². The van der Waals surface area contributed by atoms with E-state index in [1.54, 1.807) is 24.1 Å². The van der Waals surface area contributed by atoms with Crippen LogP contribution in [0.5, 0.6) is 5.75 Å². The molecule has 8 atom stereocenters. The summed E-state index contributed by atoms with van der Waals surface area (Å²) in [4.78, 5) is 31.0. The van der Waals surface area contributed by atoms with Gasteiger partial charge in [-0.15, -0.1) is 0 Å². The fraction of sp³-hybridized carbons (Fsp3) is 0.590. The third kappa shape index (κ3) is 6.85. The molecular formula is C39H52ClN3O6S. The molecule has 11 heteroatoms. The smallest absolute Gasteiger partial charge is 0.263 e. The highest BCUT2D eigenvalue weighted by atomic mass is 35.5. The third-order valence-electron chi connectivity index (χ3n) is 11.7. The first-order valence-corrected chi connectivity index (χ1v) is 19.9. The number of nitrogens with zero attached hydrogens (tertiary/aromatic N) is 2. The number of aliphatic hydroxyl groups is 1. The minimum Gasteiger partial charge on any atom is -0.490 e. The van der Waals surface area contributed by atoms with Crippen molar-refractivity contribution < 1.29 is 28.4 Å². The number of carbonyl (C=O) groups excluding carboxylic acids is 2. The molecule has 1 spiro atoms. The number of benzene rings is 2. The van der Waals surface area contributed by atoms with E-state index >= 15 is 0 Å². The van der Waals surface area contributed by atoms with Crippen molar-refractivity contribution >= 4 is 40.1 Å². The Bertz CT molecular complexity index is 1650. The number of amides is 2. The van der Waals surface area contributed by atoms with Crippen molar-refractivity contribution in [2.75, 3.05) is 44.8 Å². The number of hydrogen-bond donors (Lipinski definition) is 2. The van der Waals surface area contributed by atoms with E-state index in [0.29, 0.717) is 50.6 Å². The lowest BCUT2D eigenvalue weighted by molar-refractivity contribution is -0.185. The maximum absolute atomic E-state index is 13.5. The van der Waals surface area contributed by atoms with Crippen LogP contribution >= 0.6 is 11.6 Å². The average Bonchev–Trinajstić information content (AvgIpc) is 3.24. The fourth-order valence-electron chi connectivity index (χ4n) is 8.48. The Labute approximate surface area is 304 Å². The van der Waals surface area contributed by atoms with E-state index < -0.39 is 22.7 Å². The van der Waals surface area contributed by atoms with Crippen molar-refractivity contribution in [2.24, 2.45) is 17.8 Å². The van der Waals surface area contributed by atoms with E-state index in [0.717, 1.165) is 42.8 Å². The molecule has 1 saturated carbocycles. The molecule has 7 rings (SSSR count). The summed E-state index contributed by atoms with van der Waals surface area (Å²) in [5, 5.41) is 13.0. The van der Waals surface area contributed by atoms with E-state index in [-0.39, 0.29) is 40.2 Å². The lowest BCUT2D eigenvalue weighted by Gasteiger charge is -2.51. The molecule has 2 aliphatic carbocycles. The molecule has 2 fully saturated rings. The highest BCUT2D eigenvalue weighted by Crippen LogP contribution is 2.49. The van der Waals surface area contributed by atoms with Crippen molar-refractivity contribution in [1.82, 2.24) is 9.62 Å². The highest BCUT2D eigenvalue weighted by molar-refractivity contribution is 7.84. The van der Waals surface area contributed by atoms with Crippen LogP contribution in [0.1, 0.15) is 81.3 Å². The molecule has 2 aromatic rings. The van der Waals surface area contributed by atoms with Gasteiger partial charge in [0.2, 0.25) is 0 Å². The van der Waals surface area contributed by atoms with Crippen LogP contribution in [0.25, 0.3) is 0 Å². The molecule has 6 unspecified atom stereocenters. The van der Waals surface area contributed by atoms with E-state index in [4.69, 9.17) is 21.1 Å². The molecule has 2 amide bonds. The number of halogens is 1. The minimum atomic E-state index is -1.64. The van der Waals surface area contributed by atoms with E-state index in [1.807, 2.05) is 52.0 Å². The quantitative estimate of drug-likeness (QED) is 0.356. The van der Waals surface area contributed by atoms with Crippen molar-refractivity contribution in [2.45, 2.75) is 88.6 Å². The van der Waals surface area contributed by atoms with Gasteiger partial charge in [0, 0.05) is 42.7 Å². The summed E-state index contributed by atoms with van der Waals surface area (Å²) in [6, 6.07) is 11.6. The van der Waals surface area contributed by atoms with Crippen molar-refractivity contribution in [3.63, 3.8) is 0 Å². The normalized spacial score (nSPS) is 34.9. The topological polar surface area (TPSA) is 108 Å². The van der Waals surface area contributed by atoms with Crippen LogP contribution in [-0.2, 0) is 32.4 Å². The number of nitrogens with one attached hydrogen (secondary N) is 1. The van der Waals surface area contributed by atoms with Crippen molar-refractivity contribution in [3.8, 4) is 5.75 Å². The minimum absolute atomic E-state index is 0.0498. The maximum Gasteiger partial charge on any atom is 0.263 e. The van der Waals surface area contributed by atoms with Gasteiger partial charge in [0.05, 0.1) is 24.2 Å². The average molecular weight is 726 g/mol. The molecule has 5 aliphatic rings. The molecule has 2 aromatic carbocycles. The number of hydrogen-bond acceptors (Lipinski definition) is 7. The number of ether oxygens (including phenoxy) is 2. The summed E-state index contributed by atoms with van der Waals surface area (Å²) in [5.74, 6) is -0.157. The zero-order chi connectivity index (χ0) is 35.8. The van der Waals surface area contributed by atoms with Gasteiger partial charge in [-0.25, -0.2) is 4.21 Å². The van der Waals surface area contributed by atoms with Gasteiger partial charge in [-0.1, -0.05) is 50.6 Å². The summed E-state index contributed by atoms with van der Waals surface area (Å²) in [7, 11) is 0.115. The van der Waals surface area contributed by atoms with E-state index in [1.165, 1.54) is 11.1 Å². The van der Waals surface area contributed by atoms with Crippen LogP contribution in [-0.4, -0.2) is 82.9 Å². The van der Waals surface area contributed by atoms with Crippen LogP contribution in [0.3, 0.4) is 0 Å². The van der Waals surface area contributed by atoms with Gasteiger partial charge < -0.3 is 24.4 Å². The van der Waals surface area contributed by atoms with Gasteiger partial charge >= 0.3 is 0 Å². The van der Waals surface area contributed by atoms with Crippen LogP contribution < -0.4 is 14.4 Å². The SMILES string of the molecule is CC.CC1C/C=C/C(O)([C@@H]2OCCN(C)C2=O)C2CCC2CN2C[C@@]3(CCCc4cc(Cl)ccc43)COc3ccc(cc32)C(=O)NS(=O)C1C.